The lowest BCUT2D eigenvalue weighted by atomic mass is 10.2. The Labute approximate surface area is 112 Å². The fourth-order valence-corrected chi connectivity index (χ4v) is 3.15. The normalized spacial score (nSPS) is 10.5. The van der Waals surface area contributed by atoms with Gasteiger partial charge in [0.15, 0.2) is 0 Å². The Bertz CT molecular complexity index is 557. The first-order chi connectivity index (χ1) is 8.63. The van der Waals surface area contributed by atoms with Gasteiger partial charge in [-0.1, -0.05) is 23.9 Å². The van der Waals surface area contributed by atoms with Gasteiger partial charge in [-0.05, 0) is 17.7 Å². The van der Waals surface area contributed by atoms with E-state index in [2.05, 4.69) is 4.98 Å². The van der Waals surface area contributed by atoms with Crippen molar-refractivity contribution in [2.45, 2.75) is 16.5 Å². The number of aromatic nitrogens is 1. The number of thioether (sulfide) groups is 1. The van der Waals surface area contributed by atoms with Crippen molar-refractivity contribution >= 4 is 29.1 Å². The van der Waals surface area contributed by atoms with Gasteiger partial charge in [-0.3, -0.25) is 4.79 Å². The molecule has 0 atom stereocenters. The van der Waals surface area contributed by atoms with Gasteiger partial charge >= 0.3 is 5.97 Å². The minimum absolute atomic E-state index is 0.0585. The summed E-state index contributed by atoms with van der Waals surface area (Å²) in [5.41, 5.74) is 1.45. The summed E-state index contributed by atoms with van der Waals surface area (Å²) in [4.78, 5) is 14.7. The van der Waals surface area contributed by atoms with Crippen LogP contribution in [-0.2, 0) is 17.0 Å². The average Bonchev–Trinajstić information content (AvgIpc) is 2.73. The fraction of sp³-hybridized carbons (Fsp3) is 0.167. The summed E-state index contributed by atoms with van der Waals surface area (Å²) in [5.74, 6) is -0.515. The molecule has 0 aliphatic rings. The van der Waals surface area contributed by atoms with Gasteiger partial charge < -0.3 is 5.11 Å². The zero-order valence-electron chi connectivity index (χ0n) is 9.30. The van der Waals surface area contributed by atoms with E-state index in [1.807, 2.05) is 6.07 Å². The highest BCUT2D eigenvalue weighted by Crippen LogP contribution is 2.26. The van der Waals surface area contributed by atoms with Gasteiger partial charge in [0.2, 0.25) is 0 Å². The third kappa shape index (κ3) is 3.82. The number of rotatable bonds is 5. The van der Waals surface area contributed by atoms with Crippen molar-refractivity contribution in [2.75, 3.05) is 0 Å². The molecule has 0 unspecified atom stereocenters. The largest absolute Gasteiger partial charge is 0.481 e. The monoisotopic (exact) mass is 283 g/mol. The highest BCUT2D eigenvalue weighted by molar-refractivity contribution is 8.00. The van der Waals surface area contributed by atoms with Gasteiger partial charge in [-0.15, -0.1) is 11.3 Å². The fourth-order valence-electron chi connectivity index (χ4n) is 1.36. The highest BCUT2D eigenvalue weighted by atomic mass is 32.2. The maximum Gasteiger partial charge on any atom is 0.309 e. The summed E-state index contributed by atoms with van der Waals surface area (Å²) in [6.45, 7) is 0. The second-order valence-corrected chi connectivity index (χ2v) is 5.67. The van der Waals surface area contributed by atoms with E-state index in [0.29, 0.717) is 11.4 Å². The number of nitrogens with zero attached hydrogens (tertiary/aromatic N) is 1. The Balaban J connectivity index is 1.94. The van der Waals surface area contributed by atoms with Gasteiger partial charge in [0.05, 0.1) is 12.1 Å². The van der Waals surface area contributed by atoms with Crippen LogP contribution in [-0.4, -0.2) is 16.1 Å². The first-order valence-corrected chi connectivity index (χ1v) is 7.03. The van der Waals surface area contributed by atoms with E-state index in [1.54, 1.807) is 11.4 Å². The second kappa shape index (κ2) is 5.97. The lowest BCUT2D eigenvalue weighted by Crippen LogP contribution is -1.99. The predicted molar refractivity (Wildman–Crippen MR) is 69.4 cm³/mol. The van der Waals surface area contributed by atoms with Crippen LogP contribution in [0.2, 0.25) is 0 Å². The van der Waals surface area contributed by atoms with Crippen LogP contribution in [0.1, 0.15) is 11.3 Å². The summed E-state index contributed by atoms with van der Waals surface area (Å²) in [6, 6.07) is 6.41. The van der Waals surface area contributed by atoms with Crippen LogP contribution in [0.5, 0.6) is 0 Å². The zero-order valence-corrected chi connectivity index (χ0v) is 10.9. The lowest BCUT2D eigenvalue weighted by molar-refractivity contribution is -0.136. The number of carboxylic acid groups (broad SMARTS) is 1. The van der Waals surface area contributed by atoms with E-state index >= 15 is 0 Å². The van der Waals surface area contributed by atoms with Crippen LogP contribution in [0.4, 0.5) is 4.39 Å². The molecule has 6 heteroatoms. The van der Waals surface area contributed by atoms with E-state index in [-0.39, 0.29) is 12.2 Å². The molecule has 0 radical (unpaired) electrons. The number of carbonyl (C=O) groups is 1. The van der Waals surface area contributed by atoms with Gasteiger partial charge in [-0.2, -0.15) is 0 Å². The molecule has 2 aromatic rings. The average molecular weight is 283 g/mol. The Hall–Kier alpha value is -1.40. The predicted octanol–water partition coefficient (Wildman–Crippen LogP) is 3.20. The standard InChI is InChI=1S/C12H10FNO2S2/c13-9-3-1-2-8(4-9)6-17-12-14-10(7-18-12)5-11(15)16/h1-4,7H,5-6H2,(H,15,16). The zero-order chi connectivity index (χ0) is 13.0. The molecule has 0 spiro atoms. The Morgan fingerprint density at radius 2 is 2.33 bits per heavy atom. The highest BCUT2D eigenvalue weighted by Gasteiger charge is 2.07. The summed E-state index contributed by atoms with van der Waals surface area (Å²) >= 11 is 2.89. The third-order valence-corrected chi connectivity index (χ3v) is 4.26. The molecule has 0 bridgehead atoms. The van der Waals surface area contributed by atoms with Crippen LogP contribution < -0.4 is 0 Å². The van der Waals surface area contributed by atoms with Gasteiger partial charge in [0.1, 0.15) is 10.2 Å². The topological polar surface area (TPSA) is 50.2 Å². The van der Waals surface area contributed by atoms with Gasteiger partial charge in [0, 0.05) is 11.1 Å². The second-order valence-electron chi connectivity index (χ2n) is 3.59. The van der Waals surface area contributed by atoms with Crippen LogP contribution in [0.15, 0.2) is 34.0 Å². The molecule has 3 nitrogen and oxygen atoms in total. The number of benzene rings is 1. The van der Waals surface area contributed by atoms with E-state index in [4.69, 9.17) is 5.11 Å². The molecule has 0 fully saturated rings. The first kappa shape index (κ1) is 13.0. The smallest absolute Gasteiger partial charge is 0.309 e. The molecule has 2 rings (SSSR count). The molecule has 0 saturated carbocycles. The van der Waals surface area contributed by atoms with E-state index in [0.717, 1.165) is 9.90 Å². The molecule has 1 aromatic heterocycles. The van der Waals surface area contributed by atoms with Crippen LogP contribution in [0.3, 0.4) is 0 Å². The summed E-state index contributed by atoms with van der Waals surface area (Å²) in [7, 11) is 0. The van der Waals surface area contributed by atoms with Crippen molar-refractivity contribution in [1.29, 1.82) is 0 Å². The van der Waals surface area contributed by atoms with Crippen molar-refractivity contribution in [2.24, 2.45) is 0 Å². The maximum atomic E-state index is 13.0. The molecule has 1 N–H and O–H groups in total. The molecule has 0 aliphatic carbocycles. The Morgan fingerprint density at radius 3 is 3.06 bits per heavy atom. The Kier molecular flexibility index (Phi) is 4.33. The molecule has 0 saturated heterocycles. The molecule has 0 aliphatic heterocycles. The molecule has 94 valence electrons. The number of hydrogen-bond acceptors (Lipinski definition) is 4. The van der Waals surface area contributed by atoms with Crippen molar-refractivity contribution in [3.05, 3.63) is 46.7 Å². The van der Waals surface area contributed by atoms with Crippen molar-refractivity contribution in [1.82, 2.24) is 4.98 Å². The van der Waals surface area contributed by atoms with Gasteiger partial charge in [0.25, 0.3) is 0 Å². The van der Waals surface area contributed by atoms with E-state index < -0.39 is 5.97 Å². The van der Waals surface area contributed by atoms with Crippen LogP contribution in [0, 0.1) is 5.82 Å². The van der Waals surface area contributed by atoms with Crippen LogP contribution in [0.25, 0.3) is 0 Å². The third-order valence-electron chi connectivity index (χ3n) is 2.11. The minimum atomic E-state index is -0.887. The van der Waals surface area contributed by atoms with Crippen LogP contribution >= 0.6 is 23.1 Å². The summed E-state index contributed by atoms with van der Waals surface area (Å²) in [6.07, 6.45) is -0.0585. The van der Waals surface area contributed by atoms with E-state index in [9.17, 15) is 9.18 Å². The molecule has 1 heterocycles. The number of carboxylic acids is 1. The molecule has 18 heavy (non-hydrogen) atoms. The number of hydrogen-bond donors (Lipinski definition) is 1. The lowest BCUT2D eigenvalue weighted by Gasteiger charge is -1.98. The molecular formula is C12H10FNO2S2. The minimum Gasteiger partial charge on any atom is -0.481 e. The van der Waals surface area contributed by atoms with E-state index in [1.165, 1.54) is 35.2 Å². The quantitative estimate of drug-likeness (QED) is 0.856. The molecular weight excluding hydrogens is 273 g/mol. The number of halogens is 1. The Morgan fingerprint density at radius 1 is 1.50 bits per heavy atom. The SMILES string of the molecule is O=C(O)Cc1csc(SCc2cccc(F)c2)n1. The first-order valence-electron chi connectivity index (χ1n) is 5.17. The summed E-state index contributed by atoms with van der Waals surface area (Å²) in [5, 5.41) is 10.4. The maximum absolute atomic E-state index is 13.0. The number of aliphatic carboxylic acids is 1. The van der Waals surface area contributed by atoms with Crippen molar-refractivity contribution < 1.29 is 14.3 Å². The molecule has 0 amide bonds. The number of thiazole rings is 1. The summed E-state index contributed by atoms with van der Waals surface area (Å²) < 4.78 is 13.8. The van der Waals surface area contributed by atoms with Gasteiger partial charge in [-0.25, -0.2) is 9.37 Å². The van der Waals surface area contributed by atoms with Crippen molar-refractivity contribution in [3.8, 4) is 0 Å². The molecule has 1 aromatic carbocycles. The van der Waals surface area contributed by atoms with Crippen molar-refractivity contribution in [3.63, 3.8) is 0 Å².